The van der Waals surface area contributed by atoms with Crippen LogP contribution in [0.3, 0.4) is 0 Å². The molecule has 52 valence electrons. The molecule has 0 aliphatic rings. The first-order chi connectivity index (χ1) is 3.80. The number of hydrogen-bond donors (Lipinski definition) is 1. The highest BCUT2D eigenvalue weighted by atomic mass is 35.5. The summed E-state index contributed by atoms with van der Waals surface area (Å²) in [5.41, 5.74) is 1.67. The van der Waals surface area contributed by atoms with Crippen LogP contribution in [-0.4, -0.2) is 17.2 Å². The molecule has 0 saturated heterocycles. The molecule has 3 nitrogen and oxygen atoms in total. The standard InChI is InChI=1S/C4H6N2OS.ClH/c1-6(7)4-2-8-3-5-4;/h2-3,7H,1H3;1H. The average molecular weight is 167 g/mol. The molecule has 0 aliphatic heterocycles. The van der Waals surface area contributed by atoms with Crippen LogP contribution in [0.25, 0.3) is 0 Å². The molecule has 0 radical (unpaired) electrons. The molecular weight excluding hydrogens is 160 g/mol. The van der Waals surface area contributed by atoms with Crippen LogP contribution in [0.15, 0.2) is 10.9 Å². The van der Waals surface area contributed by atoms with Crippen LogP contribution in [0, 0.1) is 0 Å². The molecule has 0 fully saturated rings. The van der Waals surface area contributed by atoms with E-state index in [2.05, 4.69) is 4.98 Å². The number of aromatic nitrogens is 1. The molecular formula is C4H7ClN2OS. The molecule has 0 aromatic carbocycles. The first kappa shape index (κ1) is 8.68. The van der Waals surface area contributed by atoms with Crippen molar-refractivity contribution in [2.24, 2.45) is 0 Å². The van der Waals surface area contributed by atoms with Crippen molar-refractivity contribution in [3.8, 4) is 0 Å². The van der Waals surface area contributed by atoms with Crippen LogP contribution < -0.4 is 5.06 Å². The van der Waals surface area contributed by atoms with Gasteiger partial charge in [-0.15, -0.1) is 23.7 Å². The van der Waals surface area contributed by atoms with Gasteiger partial charge in [-0.25, -0.2) is 10.0 Å². The van der Waals surface area contributed by atoms with Crippen LogP contribution in [0.2, 0.25) is 0 Å². The Hall–Kier alpha value is -0.320. The molecule has 0 amide bonds. The Morgan fingerprint density at radius 1 is 1.78 bits per heavy atom. The highest BCUT2D eigenvalue weighted by Crippen LogP contribution is 2.08. The number of hydroxylamine groups is 1. The molecule has 0 aliphatic carbocycles. The Labute approximate surface area is 63.3 Å². The summed E-state index contributed by atoms with van der Waals surface area (Å²) in [6.07, 6.45) is 0. The Kier molecular flexibility index (Phi) is 3.53. The van der Waals surface area contributed by atoms with Crippen molar-refractivity contribution < 1.29 is 5.21 Å². The third kappa shape index (κ3) is 2.17. The fourth-order valence-electron chi connectivity index (χ4n) is 0.366. The molecule has 1 aromatic rings. The second kappa shape index (κ2) is 3.66. The number of nitrogens with zero attached hydrogens (tertiary/aromatic N) is 2. The zero-order chi connectivity index (χ0) is 5.98. The van der Waals surface area contributed by atoms with E-state index in [-0.39, 0.29) is 12.4 Å². The van der Waals surface area contributed by atoms with Crippen LogP contribution >= 0.6 is 23.7 Å². The maximum absolute atomic E-state index is 8.69. The summed E-state index contributed by atoms with van der Waals surface area (Å²) in [4.78, 5) is 3.81. The van der Waals surface area contributed by atoms with Crippen molar-refractivity contribution in [2.45, 2.75) is 0 Å². The second-order valence-corrected chi connectivity index (χ2v) is 2.09. The summed E-state index contributed by atoms with van der Waals surface area (Å²) in [7, 11) is 1.54. The van der Waals surface area contributed by atoms with Gasteiger partial charge in [0.15, 0.2) is 5.82 Å². The maximum Gasteiger partial charge on any atom is 0.162 e. The molecule has 1 aromatic heterocycles. The lowest BCUT2D eigenvalue weighted by atomic mass is 10.8. The molecule has 0 atom stereocenters. The van der Waals surface area contributed by atoms with Crippen LogP contribution in [0.5, 0.6) is 0 Å². The van der Waals surface area contributed by atoms with Gasteiger partial charge in [0.05, 0.1) is 5.51 Å². The van der Waals surface area contributed by atoms with Crippen molar-refractivity contribution in [3.63, 3.8) is 0 Å². The smallest absolute Gasteiger partial charge is 0.162 e. The van der Waals surface area contributed by atoms with Gasteiger partial charge in [0, 0.05) is 12.4 Å². The van der Waals surface area contributed by atoms with E-state index in [1.54, 1.807) is 10.9 Å². The third-order valence-electron chi connectivity index (χ3n) is 0.751. The predicted octanol–water partition coefficient (Wildman–Crippen LogP) is 1.39. The predicted molar refractivity (Wildman–Crippen MR) is 39.6 cm³/mol. The molecule has 5 heteroatoms. The summed E-state index contributed by atoms with van der Waals surface area (Å²) >= 11 is 1.46. The van der Waals surface area contributed by atoms with Crippen molar-refractivity contribution >= 4 is 29.6 Å². The van der Waals surface area contributed by atoms with Gasteiger partial charge >= 0.3 is 0 Å². The Morgan fingerprint density at radius 3 is 2.67 bits per heavy atom. The summed E-state index contributed by atoms with van der Waals surface area (Å²) in [5, 5.41) is 11.4. The summed E-state index contributed by atoms with van der Waals surface area (Å²) in [5.74, 6) is 0.593. The molecule has 1 heterocycles. The van der Waals surface area contributed by atoms with Gasteiger partial charge < -0.3 is 0 Å². The minimum Gasteiger partial charge on any atom is -0.287 e. The van der Waals surface area contributed by atoms with E-state index >= 15 is 0 Å². The topological polar surface area (TPSA) is 36.4 Å². The van der Waals surface area contributed by atoms with Gasteiger partial charge in [0.25, 0.3) is 0 Å². The van der Waals surface area contributed by atoms with Crippen molar-refractivity contribution in [1.82, 2.24) is 4.98 Å². The Balaban J connectivity index is 0.000000640. The van der Waals surface area contributed by atoms with Gasteiger partial charge in [-0.3, -0.25) is 5.21 Å². The Morgan fingerprint density at radius 2 is 2.44 bits per heavy atom. The van der Waals surface area contributed by atoms with Gasteiger partial charge in [-0.1, -0.05) is 0 Å². The lowest BCUT2D eigenvalue weighted by molar-refractivity contribution is 0.276. The number of anilines is 1. The molecule has 1 N–H and O–H groups in total. The molecule has 0 spiro atoms. The lowest BCUT2D eigenvalue weighted by Gasteiger charge is -2.02. The number of hydrogen-bond acceptors (Lipinski definition) is 4. The fraction of sp³-hybridized carbons (Fsp3) is 0.250. The number of halogens is 1. The normalized spacial score (nSPS) is 8.22. The van der Waals surface area contributed by atoms with Gasteiger partial charge in [0.2, 0.25) is 0 Å². The van der Waals surface area contributed by atoms with Gasteiger partial charge in [-0.05, 0) is 0 Å². The largest absolute Gasteiger partial charge is 0.287 e. The van der Waals surface area contributed by atoms with Gasteiger partial charge in [0.1, 0.15) is 0 Å². The van der Waals surface area contributed by atoms with E-state index in [0.717, 1.165) is 5.06 Å². The van der Waals surface area contributed by atoms with Gasteiger partial charge in [-0.2, -0.15) is 0 Å². The van der Waals surface area contributed by atoms with Crippen LogP contribution in [-0.2, 0) is 0 Å². The summed E-state index contributed by atoms with van der Waals surface area (Å²) in [6, 6.07) is 0. The first-order valence-electron chi connectivity index (χ1n) is 2.11. The molecule has 9 heavy (non-hydrogen) atoms. The quantitative estimate of drug-likeness (QED) is 0.641. The highest BCUT2D eigenvalue weighted by Gasteiger charge is 1.94. The molecule has 0 saturated carbocycles. The second-order valence-electron chi connectivity index (χ2n) is 1.37. The monoisotopic (exact) mass is 166 g/mol. The van der Waals surface area contributed by atoms with Crippen molar-refractivity contribution in [1.29, 1.82) is 0 Å². The molecule has 0 unspecified atom stereocenters. The van der Waals surface area contributed by atoms with E-state index in [9.17, 15) is 0 Å². The zero-order valence-electron chi connectivity index (χ0n) is 4.81. The van der Waals surface area contributed by atoms with Crippen LogP contribution in [0.1, 0.15) is 0 Å². The van der Waals surface area contributed by atoms with Crippen molar-refractivity contribution in [3.05, 3.63) is 10.9 Å². The Bertz CT molecular complexity index is 154. The van der Waals surface area contributed by atoms with E-state index in [4.69, 9.17) is 5.21 Å². The van der Waals surface area contributed by atoms with E-state index < -0.39 is 0 Å². The van der Waals surface area contributed by atoms with Crippen LogP contribution in [0.4, 0.5) is 5.82 Å². The SMILES string of the molecule is CN(O)c1cscn1.Cl. The molecule has 1 rings (SSSR count). The minimum absolute atomic E-state index is 0. The van der Waals surface area contributed by atoms with E-state index in [1.807, 2.05) is 0 Å². The maximum atomic E-state index is 8.69. The summed E-state index contributed by atoms with van der Waals surface area (Å²) < 4.78 is 0. The molecule has 0 bridgehead atoms. The van der Waals surface area contributed by atoms with Crippen molar-refractivity contribution in [2.75, 3.05) is 12.1 Å². The van der Waals surface area contributed by atoms with E-state index in [1.165, 1.54) is 18.4 Å². The average Bonchev–Trinajstić information content (AvgIpc) is 2.12. The number of thiazole rings is 1. The van der Waals surface area contributed by atoms with E-state index in [0.29, 0.717) is 5.82 Å². The first-order valence-corrected chi connectivity index (χ1v) is 3.06. The number of rotatable bonds is 1. The minimum atomic E-state index is 0. The highest BCUT2D eigenvalue weighted by molar-refractivity contribution is 7.07. The summed E-state index contributed by atoms with van der Waals surface area (Å²) in [6.45, 7) is 0. The zero-order valence-corrected chi connectivity index (χ0v) is 6.45. The fourth-order valence-corrected chi connectivity index (χ4v) is 0.931. The third-order valence-corrected chi connectivity index (χ3v) is 1.32. The lowest BCUT2D eigenvalue weighted by Crippen LogP contribution is -2.09.